The molecule has 0 spiro atoms. The summed E-state index contributed by atoms with van der Waals surface area (Å²) in [6.07, 6.45) is 2.19. The molecule has 0 aliphatic carbocycles. The van der Waals surface area contributed by atoms with Crippen LogP contribution < -0.4 is 15.9 Å². The third-order valence-electron chi connectivity index (χ3n) is 3.90. The molecule has 0 saturated heterocycles. The van der Waals surface area contributed by atoms with Gasteiger partial charge in [-0.25, -0.2) is 0 Å². The summed E-state index contributed by atoms with van der Waals surface area (Å²) in [6, 6.07) is 3.38. The molecule has 2 rings (SSSR count). The van der Waals surface area contributed by atoms with Crippen molar-refractivity contribution in [2.24, 2.45) is 0 Å². The van der Waals surface area contributed by atoms with Gasteiger partial charge in [0.1, 0.15) is 5.69 Å². The summed E-state index contributed by atoms with van der Waals surface area (Å²) in [5.41, 5.74) is 3.68. The molecule has 1 aliphatic rings. The number of aryl methyl sites for hydroxylation is 1. The molecular weight excluding hydrogens is 298 g/mol. The number of amides is 1. The number of hydroxylamine groups is 1. The van der Waals surface area contributed by atoms with Gasteiger partial charge in [-0.3, -0.25) is 14.4 Å². The molecule has 0 bridgehead atoms. The second-order valence-corrected chi connectivity index (χ2v) is 5.31. The fourth-order valence-corrected chi connectivity index (χ4v) is 2.61. The van der Waals surface area contributed by atoms with Crippen LogP contribution >= 0.6 is 0 Å². The van der Waals surface area contributed by atoms with Gasteiger partial charge >= 0.3 is 5.97 Å². The van der Waals surface area contributed by atoms with Gasteiger partial charge in [0.05, 0.1) is 6.42 Å². The van der Waals surface area contributed by atoms with Crippen LogP contribution in [-0.2, 0) is 21.0 Å². The first kappa shape index (κ1) is 17.0. The largest absolute Gasteiger partial charge is 0.371 e. The molecule has 23 heavy (non-hydrogen) atoms. The van der Waals surface area contributed by atoms with Crippen LogP contribution in [0.5, 0.6) is 0 Å². The molecule has 2 heterocycles. The van der Waals surface area contributed by atoms with E-state index in [2.05, 4.69) is 10.3 Å². The van der Waals surface area contributed by atoms with Gasteiger partial charge in [0.2, 0.25) is 0 Å². The smallest absolute Gasteiger partial charge is 0.329 e. The summed E-state index contributed by atoms with van der Waals surface area (Å²) in [5.74, 6) is -0.844. The second-order valence-electron chi connectivity index (χ2n) is 5.31. The number of rotatable bonds is 5. The third kappa shape index (κ3) is 3.50. The summed E-state index contributed by atoms with van der Waals surface area (Å²) in [5, 5.41) is 0. The molecule has 0 atom stereocenters. The van der Waals surface area contributed by atoms with Gasteiger partial charge in [-0.2, -0.15) is 5.48 Å². The zero-order chi connectivity index (χ0) is 17.0. The highest BCUT2D eigenvalue weighted by Crippen LogP contribution is 2.25. The Morgan fingerprint density at radius 3 is 2.78 bits per heavy atom. The van der Waals surface area contributed by atoms with Gasteiger partial charge in [-0.05, 0) is 32.4 Å². The van der Waals surface area contributed by atoms with Crippen molar-refractivity contribution >= 4 is 17.6 Å². The summed E-state index contributed by atoms with van der Waals surface area (Å²) in [7, 11) is 1.48. The van der Waals surface area contributed by atoms with Gasteiger partial charge in [-0.15, -0.1) is 0 Å². The molecule has 1 amide bonds. The van der Waals surface area contributed by atoms with Crippen molar-refractivity contribution in [2.45, 2.75) is 33.2 Å². The van der Waals surface area contributed by atoms with Crippen LogP contribution in [0.3, 0.4) is 0 Å². The van der Waals surface area contributed by atoms with E-state index in [9.17, 15) is 14.4 Å². The van der Waals surface area contributed by atoms with Crippen molar-refractivity contribution in [3.63, 3.8) is 0 Å². The zero-order valence-electron chi connectivity index (χ0n) is 13.6. The van der Waals surface area contributed by atoms with E-state index in [0.29, 0.717) is 30.8 Å². The average Bonchev–Trinajstić information content (AvgIpc) is 2.53. The first-order valence-electron chi connectivity index (χ1n) is 7.56. The van der Waals surface area contributed by atoms with Gasteiger partial charge < -0.3 is 14.3 Å². The molecule has 0 aromatic carbocycles. The predicted molar refractivity (Wildman–Crippen MR) is 85.8 cm³/mol. The Balaban J connectivity index is 2.32. The highest BCUT2D eigenvalue weighted by molar-refractivity contribution is 6.09. The van der Waals surface area contributed by atoms with Crippen LogP contribution in [0.2, 0.25) is 0 Å². The molecule has 0 unspecified atom stereocenters. The summed E-state index contributed by atoms with van der Waals surface area (Å²) in [6.45, 7) is 4.65. The summed E-state index contributed by atoms with van der Waals surface area (Å²) >= 11 is 0. The SMILES string of the molecule is CCn1cccc(N2CCC(C)=C(CC(=O)ONC)C2=O)c1=O. The Bertz CT molecular complexity index is 706. The molecule has 124 valence electrons. The molecule has 0 saturated carbocycles. The van der Waals surface area contributed by atoms with Crippen molar-refractivity contribution in [3.05, 3.63) is 39.8 Å². The average molecular weight is 319 g/mol. The highest BCUT2D eigenvalue weighted by Gasteiger charge is 2.29. The molecule has 1 aromatic heterocycles. The van der Waals surface area contributed by atoms with Crippen LogP contribution in [0.25, 0.3) is 0 Å². The lowest BCUT2D eigenvalue weighted by Gasteiger charge is -2.29. The maximum atomic E-state index is 12.7. The Labute approximate surface area is 134 Å². The number of carbonyl (C=O) groups is 2. The Morgan fingerprint density at radius 2 is 2.13 bits per heavy atom. The second kappa shape index (κ2) is 7.23. The van der Waals surface area contributed by atoms with Crippen molar-refractivity contribution < 1.29 is 14.4 Å². The van der Waals surface area contributed by atoms with Gasteiger partial charge in [0, 0.05) is 31.9 Å². The first-order chi connectivity index (χ1) is 11.0. The van der Waals surface area contributed by atoms with E-state index in [4.69, 9.17) is 0 Å². The zero-order valence-corrected chi connectivity index (χ0v) is 13.6. The lowest BCUT2D eigenvalue weighted by molar-refractivity contribution is -0.149. The number of hydrogen-bond acceptors (Lipinski definition) is 5. The van der Waals surface area contributed by atoms with Crippen LogP contribution in [0, 0.1) is 0 Å². The molecule has 0 radical (unpaired) electrons. The minimum absolute atomic E-state index is 0.114. The topological polar surface area (TPSA) is 80.6 Å². The molecule has 7 heteroatoms. The van der Waals surface area contributed by atoms with E-state index in [1.165, 1.54) is 11.9 Å². The lowest BCUT2D eigenvalue weighted by Crippen LogP contribution is -2.41. The molecule has 7 nitrogen and oxygen atoms in total. The normalized spacial score (nSPS) is 15.1. The molecule has 0 fully saturated rings. The minimum atomic E-state index is -0.531. The summed E-state index contributed by atoms with van der Waals surface area (Å²) in [4.78, 5) is 42.9. The van der Waals surface area contributed by atoms with E-state index in [1.54, 1.807) is 22.9 Å². The van der Waals surface area contributed by atoms with E-state index >= 15 is 0 Å². The number of aromatic nitrogens is 1. The number of hydrogen-bond donors (Lipinski definition) is 1. The van der Waals surface area contributed by atoms with E-state index in [-0.39, 0.29) is 17.9 Å². The summed E-state index contributed by atoms with van der Waals surface area (Å²) < 4.78 is 1.54. The van der Waals surface area contributed by atoms with Crippen molar-refractivity contribution in [2.75, 3.05) is 18.5 Å². The van der Waals surface area contributed by atoms with E-state index in [1.807, 2.05) is 13.8 Å². The van der Waals surface area contributed by atoms with Crippen LogP contribution in [-0.4, -0.2) is 30.0 Å². The quantitative estimate of drug-likeness (QED) is 0.819. The van der Waals surface area contributed by atoms with Crippen LogP contribution in [0.1, 0.15) is 26.7 Å². The van der Waals surface area contributed by atoms with Crippen LogP contribution in [0.4, 0.5) is 5.69 Å². The maximum Gasteiger partial charge on any atom is 0.329 e. The van der Waals surface area contributed by atoms with Crippen LogP contribution in [0.15, 0.2) is 34.3 Å². The fourth-order valence-electron chi connectivity index (χ4n) is 2.61. The Hall–Kier alpha value is -2.41. The monoisotopic (exact) mass is 319 g/mol. The highest BCUT2D eigenvalue weighted by atomic mass is 16.7. The molecular formula is C16H21N3O4. The Kier molecular flexibility index (Phi) is 5.33. The maximum absolute atomic E-state index is 12.7. The van der Waals surface area contributed by atoms with Gasteiger partial charge in [0.25, 0.3) is 11.5 Å². The first-order valence-corrected chi connectivity index (χ1v) is 7.56. The lowest BCUT2D eigenvalue weighted by atomic mass is 9.97. The predicted octanol–water partition coefficient (Wildman–Crippen LogP) is 0.989. The number of carbonyl (C=O) groups excluding carboxylic acids is 2. The van der Waals surface area contributed by atoms with Crippen molar-refractivity contribution in [1.29, 1.82) is 0 Å². The number of pyridine rings is 1. The molecule has 1 N–H and O–H groups in total. The minimum Gasteiger partial charge on any atom is -0.371 e. The van der Waals surface area contributed by atoms with Gasteiger partial charge in [-0.1, -0.05) is 5.57 Å². The van der Waals surface area contributed by atoms with E-state index in [0.717, 1.165) is 5.57 Å². The van der Waals surface area contributed by atoms with Crippen molar-refractivity contribution in [1.82, 2.24) is 10.0 Å². The van der Waals surface area contributed by atoms with Gasteiger partial charge in [0.15, 0.2) is 0 Å². The van der Waals surface area contributed by atoms with Crippen molar-refractivity contribution in [3.8, 4) is 0 Å². The molecule has 1 aromatic rings. The standard InChI is InChI=1S/C16H21N3O4/c1-4-18-8-5-6-13(16(18)22)19-9-7-11(2)12(15(19)21)10-14(20)23-17-3/h5-6,8,17H,4,7,9-10H2,1-3H3. The number of nitrogens with zero attached hydrogens (tertiary/aromatic N) is 2. The molecule has 1 aliphatic heterocycles. The van der Waals surface area contributed by atoms with E-state index < -0.39 is 5.97 Å². The third-order valence-corrected chi connectivity index (χ3v) is 3.90. The fraction of sp³-hybridized carbons (Fsp3) is 0.438. The number of anilines is 1. The Morgan fingerprint density at radius 1 is 1.39 bits per heavy atom. The number of nitrogens with one attached hydrogen (secondary N) is 1.